The number of aromatic nitrogens is 1. The number of amides is 2. The molecule has 2 aromatic rings. The second-order valence-corrected chi connectivity index (χ2v) is 5.26. The fourth-order valence-corrected chi connectivity index (χ4v) is 2.67. The summed E-state index contributed by atoms with van der Waals surface area (Å²) in [5, 5.41) is 0. The van der Waals surface area contributed by atoms with Crippen LogP contribution in [0.25, 0.3) is 11.1 Å². The highest BCUT2D eigenvalue weighted by atomic mass is 35.5. The fraction of sp³-hybridized carbons (Fsp3) is 0.250. The smallest absolute Gasteiger partial charge is 0.325 e. The molecule has 0 spiro atoms. The summed E-state index contributed by atoms with van der Waals surface area (Å²) in [5.74, 6) is 0.735. The number of urea groups is 1. The van der Waals surface area contributed by atoms with Crippen LogP contribution in [-0.4, -0.2) is 30.0 Å². The lowest BCUT2D eigenvalue weighted by atomic mass is 9.98. The van der Waals surface area contributed by atoms with Crippen molar-refractivity contribution in [2.45, 2.75) is 13.1 Å². The van der Waals surface area contributed by atoms with Crippen molar-refractivity contribution in [2.75, 3.05) is 19.0 Å². The van der Waals surface area contributed by atoms with Gasteiger partial charge in [-0.25, -0.2) is 9.78 Å². The molecule has 3 rings (SSSR count). The summed E-state index contributed by atoms with van der Waals surface area (Å²) in [4.78, 5) is 19.7. The Bertz CT molecular complexity index is 687. The number of pyridine rings is 1. The third-order valence-corrected chi connectivity index (χ3v) is 3.86. The number of hydrogen-bond acceptors (Lipinski definition) is 3. The molecule has 0 fully saturated rings. The van der Waals surface area contributed by atoms with E-state index in [9.17, 15) is 4.79 Å². The van der Waals surface area contributed by atoms with E-state index in [-0.39, 0.29) is 18.4 Å². The number of carbonyl (C=O) groups excluding carboxylic acids is 1. The number of nitrogens with two attached hydrogens (primary N) is 1. The maximum atomic E-state index is 12.0. The van der Waals surface area contributed by atoms with E-state index in [0.29, 0.717) is 13.1 Å². The molecule has 2 heterocycles. The van der Waals surface area contributed by atoms with E-state index in [1.54, 1.807) is 30.1 Å². The summed E-state index contributed by atoms with van der Waals surface area (Å²) in [6, 6.07) is 10.1. The summed E-state index contributed by atoms with van der Waals surface area (Å²) in [6.07, 6.45) is 1.75. The zero-order valence-corrected chi connectivity index (χ0v) is 13.4. The zero-order valence-electron chi connectivity index (χ0n) is 12.6. The van der Waals surface area contributed by atoms with Crippen molar-refractivity contribution in [2.24, 2.45) is 5.73 Å². The van der Waals surface area contributed by atoms with E-state index in [1.807, 2.05) is 18.2 Å². The van der Waals surface area contributed by atoms with Crippen LogP contribution in [0.5, 0.6) is 0 Å². The Hall–Kier alpha value is -2.11. The molecular formula is C16H19ClN4O. The van der Waals surface area contributed by atoms with Gasteiger partial charge in [0.05, 0.1) is 6.54 Å². The number of benzene rings is 1. The van der Waals surface area contributed by atoms with Crippen LogP contribution < -0.4 is 10.6 Å². The molecule has 6 heteroatoms. The molecule has 0 unspecified atom stereocenters. The van der Waals surface area contributed by atoms with Gasteiger partial charge in [0.1, 0.15) is 5.82 Å². The Morgan fingerprint density at radius 3 is 2.50 bits per heavy atom. The molecule has 116 valence electrons. The molecule has 1 aliphatic heterocycles. The highest BCUT2D eigenvalue weighted by Crippen LogP contribution is 2.33. The van der Waals surface area contributed by atoms with Gasteiger partial charge in [-0.2, -0.15) is 0 Å². The van der Waals surface area contributed by atoms with Gasteiger partial charge < -0.3 is 10.6 Å². The van der Waals surface area contributed by atoms with E-state index in [0.717, 1.165) is 28.1 Å². The van der Waals surface area contributed by atoms with E-state index in [4.69, 9.17) is 5.73 Å². The van der Waals surface area contributed by atoms with Gasteiger partial charge >= 0.3 is 6.03 Å². The predicted molar refractivity (Wildman–Crippen MR) is 90.1 cm³/mol. The van der Waals surface area contributed by atoms with Crippen LogP contribution in [0.1, 0.15) is 11.1 Å². The van der Waals surface area contributed by atoms with E-state index < -0.39 is 0 Å². The van der Waals surface area contributed by atoms with Gasteiger partial charge in [-0.3, -0.25) is 4.90 Å². The van der Waals surface area contributed by atoms with Crippen molar-refractivity contribution in [1.29, 1.82) is 0 Å². The van der Waals surface area contributed by atoms with Gasteiger partial charge in [0.15, 0.2) is 0 Å². The van der Waals surface area contributed by atoms with Crippen molar-refractivity contribution in [1.82, 2.24) is 9.88 Å². The van der Waals surface area contributed by atoms with Crippen LogP contribution >= 0.6 is 12.4 Å². The Kier molecular flexibility index (Phi) is 4.68. The third kappa shape index (κ3) is 2.65. The number of carbonyl (C=O) groups is 1. The number of halogens is 1. The normalized spacial score (nSPS) is 13.7. The van der Waals surface area contributed by atoms with Gasteiger partial charge in [0, 0.05) is 32.4 Å². The number of fused-ring (bicyclic) bond motifs is 1. The number of hydrogen-bond donors (Lipinski definition) is 1. The SMILES string of the molecule is CN1Cc2c(-c3ccc(CN)cc3)ccnc2N(C)C1=O.Cl. The molecule has 2 amide bonds. The van der Waals surface area contributed by atoms with Crippen molar-refractivity contribution in [3.63, 3.8) is 0 Å². The Morgan fingerprint density at radius 1 is 1.18 bits per heavy atom. The largest absolute Gasteiger partial charge is 0.326 e. The summed E-state index contributed by atoms with van der Waals surface area (Å²) in [6.45, 7) is 1.11. The summed E-state index contributed by atoms with van der Waals surface area (Å²) >= 11 is 0. The van der Waals surface area contributed by atoms with Crippen molar-refractivity contribution < 1.29 is 4.79 Å². The van der Waals surface area contributed by atoms with E-state index in [2.05, 4.69) is 17.1 Å². The van der Waals surface area contributed by atoms with Crippen LogP contribution in [0.3, 0.4) is 0 Å². The Balaban J connectivity index is 0.00000176. The molecule has 0 saturated heterocycles. The lowest BCUT2D eigenvalue weighted by Crippen LogP contribution is -2.43. The standard InChI is InChI=1S/C16H18N4O.ClH/c1-19-10-14-13(12-5-3-11(9-17)4-6-12)7-8-18-15(14)20(2)16(19)21;/h3-8H,9-10,17H2,1-2H3;1H. The lowest BCUT2D eigenvalue weighted by Gasteiger charge is -2.32. The molecular weight excluding hydrogens is 300 g/mol. The first-order chi connectivity index (χ1) is 10.1. The van der Waals surface area contributed by atoms with Gasteiger partial charge in [-0.05, 0) is 22.8 Å². The highest BCUT2D eigenvalue weighted by Gasteiger charge is 2.28. The van der Waals surface area contributed by atoms with E-state index in [1.165, 1.54) is 0 Å². The van der Waals surface area contributed by atoms with E-state index >= 15 is 0 Å². The second kappa shape index (κ2) is 6.34. The van der Waals surface area contributed by atoms with Crippen molar-refractivity contribution in [3.05, 3.63) is 47.7 Å². The first-order valence-electron chi connectivity index (χ1n) is 6.88. The van der Waals surface area contributed by atoms with Crippen LogP contribution in [0.4, 0.5) is 10.6 Å². The van der Waals surface area contributed by atoms with Crippen LogP contribution in [-0.2, 0) is 13.1 Å². The zero-order chi connectivity index (χ0) is 15.0. The topological polar surface area (TPSA) is 62.5 Å². The van der Waals surface area contributed by atoms with Crippen LogP contribution in [0.2, 0.25) is 0 Å². The molecule has 2 N–H and O–H groups in total. The quantitative estimate of drug-likeness (QED) is 0.926. The van der Waals surface area contributed by atoms with Gasteiger partial charge in [-0.1, -0.05) is 24.3 Å². The monoisotopic (exact) mass is 318 g/mol. The minimum absolute atomic E-state index is 0. The second-order valence-electron chi connectivity index (χ2n) is 5.26. The minimum Gasteiger partial charge on any atom is -0.326 e. The molecule has 5 nitrogen and oxygen atoms in total. The molecule has 1 aromatic carbocycles. The molecule has 0 radical (unpaired) electrons. The first kappa shape index (κ1) is 16.3. The fourth-order valence-electron chi connectivity index (χ4n) is 2.67. The molecule has 1 aliphatic rings. The summed E-state index contributed by atoms with van der Waals surface area (Å²) < 4.78 is 0. The van der Waals surface area contributed by atoms with Crippen LogP contribution in [0, 0.1) is 0 Å². The first-order valence-corrected chi connectivity index (χ1v) is 6.88. The predicted octanol–water partition coefficient (Wildman–Crippen LogP) is 2.63. The lowest BCUT2D eigenvalue weighted by molar-refractivity contribution is 0.212. The van der Waals surface area contributed by atoms with Crippen molar-refractivity contribution in [3.8, 4) is 11.1 Å². The minimum atomic E-state index is -0.0365. The Labute approximate surface area is 136 Å². The number of nitrogens with zero attached hydrogens (tertiary/aromatic N) is 3. The maximum absolute atomic E-state index is 12.0. The van der Waals surface area contributed by atoms with Crippen molar-refractivity contribution >= 4 is 24.3 Å². The third-order valence-electron chi connectivity index (χ3n) is 3.86. The van der Waals surface area contributed by atoms with Crippen LogP contribution in [0.15, 0.2) is 36.5 Å². The average Bonchev–Trinajstić information content (AvgIpc) is 2.52. The average molecular weight is 319 g/mol. The molecule has 1 aromatic heterocycles. The number of rotatable bonds is 2. The number of anilines is 1. The van der Waals surface area contributed by atoms with Gasteiger partial charge in [-0.15, -0.1) is 12.4 Å². The highest BCUT2D eigenvalue weighted by molar-refractivity contribution is 5.94. The molecule has 22 heavy (non-hydrogen) atoms. The van der Waals surface area contributed by atoms with Gasteiger partial charge in [0.2, 0.25) is 0 Å². The maximum Gasteiger partial charge on any atom is 0.325 e. The Morgan fingerprint density at radius 2 is 1.86 bits per heavy atom. The molecule has 0 saturated carbocycles. The summed E-state index contributed by atoms with van der Waals surface area (Å²) in [7, 11) is 3.56. The van der Waals surface area contributed by atoms with Gasteiger partial charge in [0.25, 0.3) is 0 Å². The molecule has 0 atom stereocenters. The molecule has 0 aliphatic carbocycles. The summed E-state index contributed by atoms with van der Waals surface area (Å²) in [5.41, 5.74) is 10.0. The molecule has 0 bridgehead atoms.